The molecule has 2 aromatic heterocycles. The second-order valence-electron chi connectivity index (χ2n) is 8.18. The fourth-order valence-corrected chi connectivity index (χ4v) is 3.88. The van der Waals surface area contributed by atoms with Crippen molar-refractivity contribution in [2.45, 2.75) is 25.9 Å². The third kappa shape index (κ3) is 3.96. The van der Waals surface area contributed by atoms with E-state index in [1.165, 1.54) is 12.1 Å². The molecule has 1 N–H and O–H groups in total. The number of H-pyrrole nitrogens is 1. The third-order valence-electron chi connectivity index (χ3n) is 5.83. The summed E-state index contributed by atoms with van der Waals surface area (Å²) in [5.74, 6) is 0.559. The van der Waals surface area contributed by atoms with Crippen molar-refractivity contribution in [3.63, 3.8) is 0 Å². The number of likely N-dealkylation sites (tertiary alicyclic amines) is 1. The smallest absolute Gasteiger partial charge is 0.417 e. The first-order valence-electron chi connectivity index (χ1n) is 9.71. The number of pyridine rings is 1. The second-order valence-corrected chi connectivity index (χ2v) is 8.18. The molecule has 1 saturated heterocycles. The van der Waals surface area contributed by atoms with Crippen molar-refractivity contribution in [2.24, 2.45) is 5.41 Å². The number of rotatable bonds is 4. The number of ether oxygens (including phenoxy) is 1. The van der Waals surface area contributed by atoms with Crippen LogP contribution < -0.4 is 4.74 Å². The van der Waals surface area contributed by atoms with Crippen molar-refractivity contribution >= 4 is 11.0 Å². The number of alkyl halides is 3. The van der Waals surface area contributed by atoms with Gasteiger partial charge in [-0.05, 0) is 50.7 Å². The highest BCUT2D eigenvalue weighted by atomic mass is 19.4. The number of halogens is 3. The number of nitrogens with one attached hydrogen (secondary N) is 1. The van der Waals surface area contributed by atoms with E-state index in [1.807, 2.05) is 0 Å². The molecule has 0 saturated carbocycles. The maximum absolute atomic E-state index is 13.6. The highest BCUT2D eigenvalue weighted by Gasteiger charge is 2.34. The van der Waals surface area contributed by atoms with Crippen LogP contribution in [0.5, 0.6) is 5.75 Å². The zero-order valence-corrected chi connectivity index (χ0v) is 16.5. The number of aromatic amines is 1. The number of hydrogen-bond donors (Lipinski definition) is 1. The average molecular weight is 403 g/mol. The molecule has 154 valence electrons. The molecule has 0 unspecified atom stereocenters. The van der Waals surface area contributed by atoms with E-state index in [0.717, 1.165) is 32.0 Å². The van der Waals surface area contributed by atoms with Crippen molar-refractivity contribution in [1.29, 1.82) is 0 Å². The van der Waals surface area contributed by atoms with Crippen molar-refractivity contribution in [2.75, 3.05) is 26.7 Å². The predicted octanol–water partition coefficient (Wildman–Crippen LogP) is 5.36. The number of piperidine rings is 1. The first-order chi connectivity index (χ1) is 13.8. The van der Waals surface area contributed by atoms with Crippen LogP contribution in [0.3, 0.4) is 0 Å². The minimum Gasteiger partial charge on any atom is -0.492 e. The first-order valence-corrected chi connectivity index (χ1v) is 9.71. The van der Waals surface area contributed by atoms with E-state index < -0.39 is 11.7 Å². The SMILES string of the molecule is CN1CCC(C)(COc2ccnc3[nH]cc(-c4ccccc4C(F)(F)F)c23)CC1. The van der Waals surface area contributed by atoms with Crippen LogP contribution in [0.1, 0.15) is 25.3 Å². The summed E-state index contributed by atoms with van der Waals surface area (Å²) in [7, 11) is 2.11. The summed E-state index contributed by atoms with van der Waals surface area (Å²) in [5, 5.41) is 0.584. The predicted molar refractivity (Wildman–Crippen MR) is 107 cm³/mol. The van der Waals surface area contributed by atoms with Gasteiger partial charge in [-0.2, -0.15) is 13.2 Å². The lowest BCUT2D eigenvalue weighted by molar-refractivity contribution is -0.137. The quantitative estimate of drug-likeness (QED) is 0.638. The Balaban J connectivity index is 1.71. The molecule has 1 aliphatic rings. The second kappa shape index (κ2) is 7.37. The number of aromatic nitrogens is 2. The Morgan fingerprint density at radius 1 is 1.14 bits per heavy atom. The molecule has 1 aliphatic heterocycles. The molecule has 29 heavy (non-hydrogen) atoms. The van der Waals surface area contributed by atoms with Crippen LogP contribution in [-0.2, 0) is 6.18 Å². The van der Waals surface area contributed by atoms with Gasteiger partial charge < -0.3 is 14.6 Å². The molecule has 0 spiro atoms. The van der Waals surface area contributed by atoms with Crippen molar-refractivity contribution < 1.29 is 17.9 Å². The fourth-order valence-electron chi connectivity index (χ4n) is 3.88. The lowest BCUT2D eigenvalue weighted by atomic mass is 9.81. The summed E-state index contributed by atoms with van der Waals surface area (Å²) in [6, 6.07) is 7.33. The van der Waals surface area contributed by atoms with Crippen molar-refractivity contribution in [3.8, 4) is 16.9 Å². The van der Waals surface area contributed by atoms with E-state index in [-0.39, 0.29) is 11.0 Å². The van der Waals surface area contributed by atoms with Gasteiger partial charge in [-0.1, -0.05) is 25.1 Å². The Kier molecular flexibility index (Phi) is 5.02. The minimum atomic E-state index is -4.44. The molecule has 3 heterocycles. The highest BCUT2D eigenvalue weighted by Crippen LogP contribution is 2.42. The van der Waals surface area contributed by atoms with Crippen LogP contribution in [0.2, 0.25) is 0 Å². The number of hydrogen-bond acceptors (Lipinski definition) is 3. The third-order valence-corrected chi connectivity index (χ3v) is 5.83. The number of fused-ring (bicyclic) bond motifs is 1. The number of nitrogens with zero attached hydrogens (tertiary/aromatic N) is 2. The van der Waals surface area contributed by atoms with Gasteiger partial charge in [-0.25, -0.2) is 4.98 Å². The molecule has 1 aromatic carbocycles. The largest absolute Gasteiger partial charge is 0.492 e. The summed E-state index contributed by atoms with van der Waals surface area (Å²) >= 11 is 0. The van der Waals surface area contributed by atoms with E-state index >= 15 is 0 Å². The van der Waals surface area contributed by atoms with Crippen molar-refractivity contribution in [1.82, 2.24) is 14.9 Å². The van der Waals surface area contributed by atoms with E-state index in [1.54, 1.807) is 24.5 Å². The first kappa shape index (κ1) is 19.8. The Morgan fingerprint density at radius 2 is 1.86 bits per heavy atom. The fraction of sp³-hybridized carbons (Fsp3) is 0.409. The van der Waals surface area contributed by atoms with Gasteiger partial charge >= 0.3 is 6.18 Å². The van der Waals surface area contributed by atoms with Crippen LogP contribution in [0.15, 0.2) is 42.7 Å². The molecule has 0 atom stereocenters. The maximum Gasteiger partial charge on any atom is 0.417 e. The molecule has 0 amide bonds. The minimum absolute atomic E-state index is 0.0441. The monoisotopic (exact) mass is 403 g/mol. The zero-order chi connectivity index (χ0) is 20.6. The summed E-state index contributed by atoms with van der Waals surface area (Å²) in [6.45, 7) is 4.75. The van der Waals surface area contributed by atoms with E-state index in [2.05, 4.69) is 28.8 Å². The topological polar surface area (TPSA) is 41.1 Å². The van der Waals surface area contributed by atoms with Gasteiger partial charge in [0.25, 0.3) is 0 Å². The van der Waals surface area contributed by atoms with Crippen LogP contribution in [-0.4, -0.2) is 41.6 Å². The molecular formula is C22H24F3N3O. The summed E-state index contributed by atoms with van der Waals surface area (Å²) in [5.41, 5.74) is 0.461. The molecule has 3 aromatic rings. The van der Waals surface area contributed by atoms with Crippen molar-refractivity contribution in [3.05, 3.63) is 48.3 Å². The Morgan fingerprint density at radius 3 is 2.59 bits per heavy atom. The molecule has 1 fully saturated rings. The Hall–Kier alpha value is -2.54. The number of benzene rings is 1. The molecule has 0 aliphatic carbocycles. The van der Waals surface area contributed by atoms with Gasteiger partial charge in [0.15, 0.2) is 0 Å². The average Bonchev–Trinajstić information content (AvgIpc) is 3.13. The van der Waals surface area contributed by atoms with Crippen LogP contribution in [0.4, 0.5) is 13.2 Å². The van der Waals surface area contributed by atoms with Crippen LogP contribution >= 0.6 is 0 Å². The maximum atomic E-state index is 13.6. The lowest BCUT2D eigenvalue weighted by Crippen LogP contribution is -2.39. The molecular weight excluding hydrogens is 379 g/mol. The van der Waals surface area contributed by atoms with Gasteiger partial charge in [-0.3, -0.25) is 0 Å². The Bertz CT molecular complexity index is 1000. The standard InChI is InChI=1S/C22H24F3N3O/c1-21(8-11-28(2)12-9-21)14-29-18-7-10-26-20-19(18)16(13-27-20)15-5-3-4-6-17(15)22(23,24)25/h3-7,10,13H,8-9,11-12,14H2,1-2H3,(H,26,27). The molecule has 0 bridgehead atoms. The van der Waals surface area contributed by atoms with Gasteiger partial charge in [0.2, 0.25) is 0 Å². The van der Waals surface area contributed by atoms with Gasteiger partial charge in [-0.15, -0.1) is 0 Å². The lowest BCUT2D eigenvalue weighted by Gasteiger charge is -2.37. The summed E-state index contributed by atoms with van der Waals surface area (Å²) in [6.07, 6.45) is 0.797. The van der Waals surface area contributed by atoms with Gasteiger partial charge in [0, 0.05) is 23.4 Å². The zero-order valence-electron chi connectivity index (χ0n) is 16.5. The summed E-state index contributed by atoms with van der Waals surface area (Å²) < 4.78 is 46.8. The summed E-state index contributed by atoms with van der Waals surface area (Å²) in [4.78, 5) is 9.57. The van der Waals surface area contributed by atoms with Gasteiger partial charge in [0.05, 0.1) is 17.6 Å². The van der Waals surface area contributed by atoms with Crippen LogP contribution in [0, 0.1) is 5.41 Å². The van der Waals surface area contributed by atoms with E-state index in [9.17, 15) is 13.2 Å². The van der Waals surface area contributed by atoms with E-state index in [4.69, 9.17) is 4.74 Å². The van der Waals surface area contributed by atoms with E-state index in [0.29, 0.717) is 29.0 Å². The molecule has 7 heteroatoms. The Labute approximate surface area is 167 Å². The van der Waals surface area contributed by atoms with Gasteiger partial charge in [0.1, 0.15) is 11.4 Å². The normalized spacial score (nSPS) is 17.6. The molecule has 0 radical (unpaired) electrons. The van der Waals surface area contributed by atoms with Crippen LogP contribution in [0.25, 0.3) is 22.2 Å². The molecule has 4 nitrogen and oxygen atoms in total. The highest BCUT2D eigenvalue weighted by molar-refractivity contribution is 5.98. The molecule has 4 rings (SSSR count).